The largest absolute Gasteiger partial charge is 0.309 e. The fourth-order valence-corrected chi connectivity index (χ4v) is 3.22. The normalized spacial score (nSPS) is 36.4. The quantitative estimate of drug-likeness (QED) is 0.842. The van der Waals surface area contributed by atoms with Gasteiger partial charge in [0.25, 0.3) is 0 Å². The molecule has 92 valence electrons. The predicted octanol–water partition coefficient (Wildman–Crippen LogP) is 2.91. The minimum absolute atomic E-state index is 0.608. The van der Waals surface area contributed by atoms with Gasteiger partial charge in [0.1, 0.15) is 0 Å². The van der Waals surface area contributed by atoms with Crippen LogP contribution in [0.2, 0.25) is 0 Å². The maximum absolute atomic E-state index is 5.89. The SMILES string of the molecule is CN1C2CCCC1CC(NCC(Cl)=CCl)C2. The van der Waals surface area contributed by atoms with Crippen molar-refractivity contribution in [3.63, 3.8) is 0 Å². The first-order valence-corrected chi connectivity index (χ1v) is 6.92. The molecule has 0 spiro atoms. The molecule has 0 aromatic heterocycles. The van der Waals surface area contributed by atoms with Crippen LogP contribution in [0, 0.1) is 0 Å². The highest BCUT2D eigenvalue weighted by molar-refractivity contribution is 6.36. The maximum atomic E-state index is 5.89. The van der Waals surface area contributed by atoms with Crippen molar-refractivity contribution < 1.29 is 0 Å². The second-order valence-corrected chi connectivity index (χ2v) is 5.71. The summed E-state index contributed by atoms with van der Waals surface area (Å²) in [5, 5.41) is 4.21. The van der Waals surface area contributed by atoms with Gasteiger partial charge in [0.05, 0.1) is 0 Å². The Hall–Kier alpha value is 0.240. The Morgan fingerprint density at radius 3 is 2.56 bits per heavy atom. The lowest BCUT2D eigenvalue weighted by molar-refractivity contribution is 0.0494. The molecule has 2 atom stereocenters. The molecule has 0 amide bonds. The Bertz CT molecular complexity index is 254. The number of fused-ring (bicyclic) bond motifs is 2. The molecule has 0 aromatic rings. The molecule has 16 heavy (non-hydrogen) atoms. The second kappa shape index (κ2) is 5.72. The summed E-state index contributed by atoms with van der Waals surface area (Å²) in [6.07, 6.45) is 6.60. The molecule has 2 nitrogen and oxygen atoms in total. The lowest BCUT2D eigenvalue weighted by Gasteiger charge is -2.47. The van der Waals surface area contributed by atoms with E-state index in [0.717, 1.165) is 12.1 Å². The average Bonchev–Trinajstić information content (AvgIpc) is 2.26. The van der Waals surface area contributed by atoms with Gasteiger partial charge in [-0.2, -0.15) is 0 Å². The summed E-state index contributed by atoms with van der Waals surface area (Å²) in [6.45, 7) is 0.707. The minimum atomic E-state index is 0.608. The topological polar surface area (TPSA) is 15.3 Å². The number of nitrogens with one attached hydrogen (secondary N) is 1. The van der Waals surface area contributed by atoms with Crippen LogP contribution in [0.3, 0.4) is 0 Å². The molecule has 2 heterocycles. The fraction of sp³-hybridized carbons (Fsp3) is 0.833. The van der Waals surface area contributed by atoms with Crippen molar-refractivity contribution in [1.29, 1.82) is 0 Å². The monoisotopic (exact) mass is 262 g/mol. The molecular formula is C12H20Cl2N2. The van der Waals surface area contributed by atoms with Gasteiger partial charge in [-0.15, -0.1) is 0 Å². The minimum Gasteiger partial charge on any atom is -0.309 e. The summed E-state index contributed by atoms with van der Waals surface area (Å²) in [7, 11) is 2.27. The first-order chi connectivity index (χ1) is 7.70. The number of hydrogen-bond donors (Lipinski definition) is 1. The lowest BCUT2D eigenvalue weighted by atomic mass is 9.82. The third-order valence-electron chi connectivity index (χ3n) is 4.02. The first kappa shape index (κ1) is 12.7. The zero-order valence-electron chi connectivity index (χ0n) is 9.76. The summed E-state index contributed by atoms with van der Waals surface area (Å²) < 4.78 is 0. The molecule has 1 N–H and O–H groups in total. The molecule has 2 saturated heterocycles. The molecule has 0 radical (unpaired) electrons. The third-order valence-corrected chi connectivity index (χ3v) is 4.64. The van der Waals surface area contributed by atoms with Gasteiger partial charge < -0.3 is 10.2 Å². The van der Waals surface area contributed by atoms with Gasteiger partial charge in [-0.25, -0.2) is 0 Å². The van der Waals surface area contributed by atoms with Gasteiger partial charge in [-0.05, 0) is 32.7 Å². The van der Waals surface area contributed by atoms with Crippen molar-refractivity contribution in [3.05, 3.63) is 10.6 Å². The van der Waals surface area contributed by atoms with Crippen LogP contribution in [-0.2, 0) is 0 Å². The first-order valence-electron chi connectivity index (χ1n) is 6.10. The molecule has 2 bridgehead atoms. The maximum Gasteiger partial charge on any atom is 0.0431 e. The van der Waals surface area contributed by atoms with Crippen LogP contribution in [0.1, 0.15) is 32.1 Å². The van der Waals surface area contributed by atoms with E-state index in [9.17, 15) is 0 Å². The molecule has 0 saturated carbocycles. The Labute approximate surface area is 108 Å². The number of rotatable bonds is 3. The number of nitrogens with zero attached hydrogens (tertiary/aromatic N) is 1. The Kier molecular flexibility index (Phi) is 4.54. The number of piperidine rings is 2. The van der Waals surface area contributed by atoms with Crippen molar-refractivity contribution in [2.75, 3.05) is 13.6 Å². The van der Waals surface area contributed by atoms with Gasteiger partial charge >= 0.3 is 0 Å². The second-order valence-electron chi connectivity index (χ2n) is 5.01. The summed E-state index contributed by atoms with van der Waals surface area (Å²) in [4.78, 5) is 2.57. The van der Waals surface area contributed by atoms with Gasteiger partial charge in [0, 0.05) is 35.2 Å². The summed E-state index contributed by atoms with van der Waals surface area (Å²) in [5.74, 6) is 0. The van der Waals surface area contributed by atoms with Crippen molar-refractivity contribution in [3.8, 4) is 0 Å². The molecule has 2 aliphatic rings. The van der Waals surface area contributed by atoms with Crippen LogP contribution >= 0.6 is 23.2 Å². The van der Waals surface area contributed by atoms with Crippen molar-refractivity contribution in [2.24, 2.45) is 0 Å². The van der Waals surface area contributed by atoms with E-state index in [1.807, 2.05) is 0 Å². The summed E-state index contributed by atoms with van der Waals surface area (Å²) in [5.41, 5.74) is 1.45. The Morgan fingerprint density at radius 1 is 1.38 bits per heavy atom. The molecule has 4 heteroatoms. The zero-order valence-corrected chi connectivity index (χ0v) is 11.3. The fourth-order valence-electron chi connectivity index (χ4n) is 3.06. The highest BCUT2D eigenvalue weighted by Gasteiger charge is 2.35. The van der Waals surface area contributed by atoms with E-state index in [2.05, 4.69) is 17.3 Å². The van der Waals surface area contributed by atoms with Gasteiger partial charge in [0.2, 0.25) is 0 Å². The van der Waals surface area contributed by atoms with Crippen LogP contribution in [0.15, 0.2) is 10.6 Å². The van der Waals surface area contributed by atoms with Gasteiger partial charge in [-0.3, -0.25) is 0 Å². The Morgan fingerprint density at radius 2 is 2.00 bits per heavy atom. The van der Waals surface area contributed by atoms with Gasteiger partial charge in [-0.1, -0.05) is 29.6 Å². The highest BCUT2D eigenvalue weighted by Crippen LogP contribution is 2.32. The molecule has 2 rings (SSSR count). The van der Waals surface area contributed by atoms with Crippen molar-refractivity contribution >= 4 is 23.2 Å². The van der Waals surface area contributed by atoms with E-state index in [4.69, 9.17) is 23.2 Å². The number of halogens is 2. The predicted molar refractivity (Wildman–Crippen MR) is 70.0 cm³/mol. The summed E-state index contributed by atoms with van der Waals surface area (Å²) >= 11 is 11.4. The van der Waals surface area contributed by atoms with E-state index in [-0.39, 0.29) is 0 Å². The summed E-state index contributed by atoms with van der Waals surface area (Å²) in [6, 6.07) is 2.14. The lowest BCUT2D eigenvalue weighted by Crippen LogP contribution is -2.54. The van der Waals surface area contributed by atoms with Crippen LogP contribution in [0.5, 0.6) is 0 Å². The van der Waals surface area contributed by atoms with E-state index < -0.39 is 0 Å². The third kappa shape index (κ3) is 2.92. The zero-order chi connectivity index (χ0) is 11.5. The van der Waals surface area contributed by atoms with E-state index in [0.29, 0.717) is 17.6 Å². The van der Waals surface area contributed by atoms with Crippen LogP contribution in [0.4, 0.5) is 0 Å². The molecule has 2 aliphatic heterocycles. The van der Waals surface area contributed by atoms with Crippen molar-refractivity contribution in [1.82, 2.24) is 10.2 Å². The molecule has 2 unspecified atom stereocenters. The standard InChI is InChI=1S/C12H20Cl2N2/c1-16-11-3-2-4-12(16)6-10(5-11)15-8-9(14)7-13/h7,10-12,15H,2-6,8H2,1H3. The average molecular weight is 263 g/mol. The van der Waals surface area contributed by atoms with E-state index in [1.54, 1.807) is 0 Å². The smallest absolute Gasteiger partial charge is 0.0431 e. The van der Waals surface area contributed by atoms with Crippen LogP contribution in [-0.4, -0.2) is 36.6 Å². The molecule has 2 fully saturated rings. The van der Waals surface area contributed by atoms with Crippen LogP contribution in [0.25, 0.3) is 0 Å². The molecular weight excluding hydrogens is 243 g/mol. The Balaban J connectivity index is 1.85. The van der Waals surface area contributed by atoms with Crippen LogP contribution < -0.4 is 5.32 Å². The number of hydrogen-bond acceptors (Lipinski definition) is 2. The van der Waals surface area contributed by atoms with Gasteiger partial charge in [0.15, 0.2) is 0 Å². The highest BCUT2D eigenvalue weighted by atomic mass is 35.5. The van der Waals surface area contributed by atoms with E-state index >= 15 is 0 Å². The molecule has 0 aliphatic carbocycles. The van der Waals surface area contributed by atoms with E-state index in [1.165, 1.54) is 37.6 Å². The molecule has 0 aromatic carbocycles. The van der Waals surface area contributed by atoms with Crippen molar-refractivity contribution in [2.45, 2.75) is 50.2 Å².